The maximum atomic E-state index is 13.4. The summed E-state index contributed by atoms with van der Waals surface area (Å²) in [6, 6.07) is 4.39. The normalized spacial score (nSPS) is 23.5. The molecule has 4 rings (SSSR count). The molecule has 2 aromatic rings. The van der Waals surface area contributed by atoms with E-state index in [1.807, 2.05) is 7.05 Å². The maximum absolute atomic E-state index is 13.4. The van der Waals surface area contributed by atoms with Gasteiger partial charge in [0.2, 0.25) is 11.8 Å². The number of halogens is 2. The van der Waals surface area contributed by atoms with Gasteiger partial charge in [0, 0.05) is 31.7 Å². The predicted octanol–water partition coefficient (Wildman–Crippen LogP) is 1.68. The van der Waals surface area contributed by atoms with Crippen LogP contribution in [0.1, 0.15) is 35.7 Å². The van der Waals surface area contributed by atoms with Crippen molar-refractivity contribution in [2.75, 3.05) is 32.0 Å². The van der Waals surface area contributed by atoms with E-state index >= 15 is 0 Å². The molecule has 9 heteroatoms. The second-order valence-electron chi connectivity index (χ2n) is 6.23. The number of amides is 1. The summed E-state index contributed by atoms with van der Waals surface area (Å²) in [4.78, 5) is 18.6. The summed E-state index contributed by atoms with van der Waals surface area (Å²) in [5.41, 5.74) is 1.26. The van der Waals surface area contributed by atoms with Crippen LogP contribution in [0.25, 0.3) is 0 Å². The summed E-state index contributed by atoms with van der Waals surface area (Å²) in [6.07, 6.45) is 0.207. The second-order valence-corrected chi connectivity index (χ2v) is 6.23. The van der Waals surface area contributed by atoms with Crippen molar-refractivity contribution in [3.63, 3.8) is 0 Å². The van der Waals surface area contributed by atoms with E-state index in [1.165, 1.54) is 12.1 Å². The van der Waals surface area contributed by atoms with Crippen molar-refractivity contribution in [1.82, 2.24) is 20.4 Å². The monoisotopic (exact) mass is 367 g/mol. The first-order valence-electron chi connectivity index (χ1n) is 7.95. The second kappa shape index (κ2) is 7.07. The fourth-order valence-electron chi connectivity index (χ4n) is 3.28. The van der Waals surface area contributed by atoms with E-state index in [0.717, 1.165) is 25.2 Å². The van der Waals surface area contributed by atoms with Crippen LogP contribution in [0.2, 0.25) is 0 Å². The fraction of sp³-hybridized carbons (Fsp3) is 0.438. The number of likely N-dealkylation sites (N-methyl/N-ethyl adjacent to an activating group) is 1. The minimum atomic E-state index is -0.393. The van der Waals surface area contributed by atoms with E-state index in [0.29, 0.717) is 17.4 Å². The molecule has 0 aliphatic carbocycles. The Labute approximate surface area is 150 Å². The van der Waals surface area contributed by atoms with Gasteiger partial charge in [0.1, 0.15) is 5.82 Å². The molecular weight excluding hydrogens is 349 g/mol. The standard InChI is InChI=1S/C16H18FN5O2.ClH/c1-22-5-4-18-8-13(22)15-20-16(24-21-15)11-7-14(23)19-12-6-9(17)2-3-10(11)12;/h2-3,6,11,13,18H,4-5,7-8H2,1H3,(H,19,23);1H. The average Bonchev–Trinajstić information content (AvgIpc) is 3.03. The third-order valence-corrected chi connectivity index (χ3v) is 4.62. The first-order valence-corrected chi connectivity index (χ1v) is 7.95. The highest BCUT2D eigenvalue weighted by molar-refractivity contribution is 5.95. The lowest BCUT2D eigenvalue weighted by Gasteiger charge is -2.30. The van der Waals surface area contributed by atoms with Crippen molar-refractivity contribution in [1.29, 1.82) is 0 Å². The topological polar surface area (TPSA) is 83.3 Å². The van der Waals surface area contributed by atoms with E-state index in [4.69, 9.17) is 4.52 Å². The number of piperazine rings is 1. The van der Waals surface area contributed by atoms with Crippen LogP contribution >= 0.6 is 12.4 Å². The van der Waals surface area contributed by atoms with E-state index in [-0.39, 0.29) is 36.7 Å². The smallest absolute Gasteiger partial charge is 0.234 e. The number of anilines is 1. The molecule has 1 amide bonds. The third kappa shape index (κ3) is 3.37. The summed E-state index contributed by atoms with van der Waals surface area (Å²) in [5, 5.41) is 10.1. The van der Waals surface area contributed by atoms with Gasteiger partial charge >= 0.3 is 0 Å². The molecule has 1 aromatic carbocycles. The molecule has 3 heterocycles. The van der Waals surface area contributed by atoms with Gasteiger partial charge in [0.25, 0.3) is 0 Å². The summed E-state index contributed by atoms with van der Waals surface area (Å²) in [6.45, 7) is 2.59. The van der Waals surface area contributed by atoms with Gasteiger partial charge < -0.3 is 15.2 Å². The van der Waals surface area contributed by atoms with Crippen LogP contribution in [0, 0.1) is 5.82 Å². The lowest BCUT2D eigenvalue weighted by atomic mass is 9.90. The van der Waals surface area contributed by atoms with Crippen molar-refractivity contribution in [3.8, 4) is 0 Å². The third-order valence-electron chi connectivity index (χ3n) is 4.62. The van der Waals surface area contributed by atoms with Gasteiger partial charge in [-0.25, -0.2) is 4.39 Å². The lowest BCUT2D eigenvalue weighted by molar-refractivity contribution is -0.116. The first kappa shape index (κ1) is 17.8. The molecule has 2 atom stereocenters. The number of benzene rings is 1. The molecule has 2 aliphatic heterocycles. The number of nitrogens with zero attached hydrogens (tertiary/aromatic N) is 3. The number of nitrogens with one attached hydrogen (secondary N) is 2. The average molecular weight is 368 g/mol. The SMILES string of the molecule is CN1CCNCC1c1noc(C2CC(=O)Nc3cc(F)ccc32)n1.Cl. The number of hydrogen-bond donors (Lipinski definition) is 2. The van der Waals surface area contributed by atoms with Crippen LogP contribution in [0.4, 0.5) is 10.1 Å². The molecule has 0 radical (unpaired) electrons. The molecular formula is C16H19ClFN5O2. The molecule has 2 N–H and O–H groups in total. The van der Waals surface area contributed by atoms with Gasteiger partial charge in [0.05, 0.1) is 12.0 Å². The summed E-state index contributed by atoms with van der Waals surface area (Å²) >= 11 is 0. The van der Waals surface area contributed by atoms with E-state index in [2.05, 4.69) is 25.7 Å². The molecule has 1 saturated heterocycles. The Balaban J connectivity index is 0.00000182. The molecule has 7 nitrogen and oxygen atoms in total. The van der Waals surface area contributed by atoms with Crippen molar-refractivity contribution in [2.45, 2.75) is 18.4 Å². The Kier molecular flexibility index (Phi) is 5.03. The summed E-state index contributed by atoms with van der Waals surface area (Å²) < 4.78 is 18.9. The van der Waals surface area contributed by atoms with Gasteiger partial charge in [0.15, 0.2) is 5.82 Å². The molecule has 1 fully saturated rings. The number of carbonyl (C=O) groups excluding carboxylic acids is 1. The Hall–Kier alpha value is -2.03. The minimum Gasteiger partial charge on any atom is -0.339 e. The fourth-order valence-corrected chi connectivity index (χ4v) is 3.28. The van der Waals surface area contributed by atoms with Crippen molar-refractivity contribution in [3.05, 3.63) is 41.3 Å². The zero-order valence-corrected chi connectivity index (χ0v) is 14.5. The van der Waals surface area contributed by atoms with E-state index in [9.17, 15) is 9.18 Å². The van der Waals surface area contributed by atoms with Crippen LogP contribution in [0.15, 0.2) is 22.7 Å². The maximum Gasteiger partial charge on any atom is 0.234 e. The van der Waals surface area contributed by atoms with Crippen molar-refractivity contribution in [2.24, 2.45) is 0 Å². The number of fused-ring (bicyclic) bond motifs is 1. The number of carbonyl (C=O) groups is 1. The lowest BCUT2D eigenvalue weighted by Crippen LogP contribution is -2.44. The first-order chi connectivity index (χ1) is 11.6. The predicted molar refractivity (Wildman–Crippen MR) is 91.3 cm³/mol. The molecule has 134 valence electrons. The Bertz CT molecular complexity index is 784. The zero-order valence-electron chi connectivity index (χ0n) is 13.7. The highest BCUT2D eigenvalue weighted by atomic mass is 35.5. The summed E-state index contributed by atoms with van der Waals surface area (Å²) in [7, 11) is 2.02. The van der Waals surface area contributed by atoms with Crippen LogP contribution in [-0.4, -0.2) is 47.6 Å². The quantitative estimate of drug-likeness (QED) is 0.840. The number of rotatable bonds is 2. The molecule has 0 saturated carbocycles. The minimum absolute atomic E-state index is 0. The zero-order chi connectivity index (χ0) is 16.7. The van der Waals surface area contributed by atoms with Gasteiger partial charge in [-0.1, -0.05) is 11.2 Å². The molecule has 1 aromatic heterocycles. The van der Waals surface area contributed by atoms with Crippen LogP contribution in [0.3, 0.4) is 0 Å². The highest BCUT2D eigenvalue weighted by Gasteiger charge is 2.33. The van der Waals surface area contributed by atoms with Gasteiger partial charge in [-0.2, -0.15) is 4.98 Å². The highest BCUT2D eigenvalue weighted by Crippen LogP contribution is 2.37. The molecule has 2 unspecified atom stereocenters. The van der Waals surface area contributed by atoms with E-state index < -0.39 is 5.82 Å². The summed E-state index contributed by atoms with van der Waals surface area (Å²) in [5.74, 6) is 0.0728. The number of hydrogen-bond acceptors (Lipinski definition) is 6. The Morgan fingerprint density at radius 1 is 1.40 bits per heavy atom. The van der Waals surface area contributed by atoms with Crippen LogP contribution < -0.4 is 10.6 Å². The molecule has 2 aliphatic rings. The molecule has 0 spiro atoms. The van der Waals surface area contributed by atoms with E-state index in [1.54, 1.807) is 6.07 Å². The van der Waals surface area contributed by atoms with Gasteiger partial charge in [-0.3, -0.25) is 9.69 Å². The Morgan fingerprint density at radius 3 is 3.04 bits per heavy atom. The number of aromatic nitrogens is 2. The molecule has 25 heavy (non-hydrogen) atoms. The van der Waals surface area contributed by atoms with Gasteiger partial charge in [-0.05, 0) is 24.7 Å². The van der Waals surface area contributed by atoms with Crippen molar-refractivity contribution < 1.29 is 13.7 Å². The largest absolute Gasteiger partial charge is 0.339 e. The van der Waals surface area contributed by atoms with Crippen molar-refractivity contribution >= 4 is 24.0 Å². The van der Waals surface area contributed by atoms with Crippen LogP contribution in [0.5, 0.6) is 0 Å². The van der Waals surface area contributed by atoms with Crippen LogP contribution in [-0.2, 0) is 4.79 Å². The Morgan fingerprint density at radius 2 is 2.24 bits per heavy atom. The van der Waals surface area contributed by atoms with Gasteiger partial charge in [-0.15, -0.1) is 12.4 Å². The molecule has 0 bridgehead atoms.